The van der Waals surface area contributed by atoms with Gasteiger partial charge in [0.1, 0.15) is 12.2 Å². The molecule has 1 atom stereocenters. The second-order valence-corrected chi connectivity index (χ2v) is 7.60. The molecule has 7 nitrogen and oxygen atoms in total. The van der Waals surface area contributed by atoms with Crippen LogP contribution in [0.4, 0.5) is 5.69 Å². The van der Waals surface area contributed by atoms with Crippen LogP contribution in [0, 0.1) is 5.92 Å². The fourth-order valence-corrected chi connectivity index (χ4v) is 3.37. The van der Waals surface area contributed by atoms with Gasteiger partial charge in [0.25, 0.3) is 11.5 Å². The molecule has 0 saturated carbocycles. The van der Waals surface area contributed by atoms with Gasteiger partial charge in [-0.15, -0.1) is 0 Å². The molecule has 1 aromatic carbocycles. The number of rotatable bonds is 6. The number of benzene rings is 1. The summed E-state index contributed by atoms with van der Waals surface area (Å²) in [4.78, 5) is 39.0. The summed E-state index contributed by atoms with van der Waals surface area (Å²) in [5.41, 5.74) is 1.72. The number of nitrogens with one attached hydrogen (secondary N) is 1. The largest absolute Gasteiger partial charge is 0.354 e. The molecule has 1 N–H and O–H groups in total. The first-order chi connectivity index (χ1) is 13.4. The van der Waals surface area contributed by atoms with Gasteiger partial charge in [-0.1, -0.05) is 32.0 Å². The Labute approximate surface area is 164 Å². The third-order valence-corrected chi connectivity index (χ3v) is 4.85. The molecular weight excluding hydrogens is 356 g/mol. The highest BCUT2D eigenvalue weighted by molar-refractivity contribution is 6.06. The maximum absolute atomic E-state index is 13.1. The molecule has 3 rings (SSSR count). The molecule has 0 spiro atoms. The van der Waals surface area contributed by atoms with E-state index >= 15 is 0 Å². The van der Waals surface area contributed by atoms with Crippen LogP contribution in [-0.4, -0.2) is 34.2 Å². The van der Waals surface area contributed by atoms with Crippen molar-refractivity contribution in [2.24, 2.45) is 5.92 Å². The smallest absolute Gasteiger partial charge is 0.278 e. The zero-order valence-corrected chi connectivity index (χ0v) is 16.5. The van der Waals surface area contributed by atoms with Gasteiger partial charge in [0.2, 0.25) is 5.91 Å². The molecule has 0 radical (unpaired) electrons. The van der Waals surface area contributed by atoms with E-state index in [0.29, 0.717) is 12.5 Å². The number of hydrogen-bond acceptors (Lipinski definition) is 4. The van der Waals surface area contributed by atoms with Crippen LogP contribution in [0.5, 0.6) is 0 Å². The molecule has 2 heterocycles. The summed E-state index contributed by atoms with van der Waals surface area (Å²) >= 11 is 0. The number of para-hydroxylation sites is 1. The van der Waals surface area contributed by atoms with Crippen molar-refractivity contribution in [1.29, 1.82) is 0 Å². The van der Waals surface area contributed by atoms with E-state index in [-0.39, 0.29) is 30.1 Å². The van der Waals surface area contributed by atoms with Crippen molar-refractivity contribution in [1.82, 2.24) is 15.1 Å². The maximum Gasteiger partial charge on any atom is 0.278 e. The molecule has 1 aliphatic heterocycles. The minimum Gasteiger partial charge on any atom is -0.354 e. The first kappa shape index (κ1) is 19.8. The van der Waals surface area contributed by atoms with Crippen LogP contribution in [0.25, 0.3) is 0 Å². The first-order valence-corrected chi connectivity index (χ1v) is 9.63. The number of carbonyl (C=O) groups excluding carboxylic acids is 2. The molecule has 2 aromatic rings. The van der Waals surface area contributed by atoms with E-state index in [1.807, 2.05) is 31.2 Å². The highest BCUT2D eigenvalue weighted by atomic mass is 16.2. The summed E-state index contributed by atoms with van der Waals surface area (Å²) in [5, 5.41) is 6.94. The standard InChI is InChI=1S/C21H26N4O3/c1-14(2)10-11-22-19(26)13-24-20(27)9-8-17(23-24)21(28)25-15(3)12-16-6-4-5-7-18(16)25/h4-9,14-15H,10-13H2,1-3H3,(H,22,26)/t15-/m0/s1. The van der Waals surface area contributed by atoms with Crippen molar-refractivity contribution < 1.29 is 9.59 Å². The molecule has 0 fully saturated rings. The number of fused-ring (bicyclic) bond motifs is 1. The van der Waals surface area contributed by atoms with Crippen molar-refractivity contribution in [2.45, 2.75) is 46.2 Å². The molecule has 1 aliphatic rings. The SMILES string of the molecule is CC(C)CCNC(=O)Cn1nc(C(=O)N2c3ccccc3C[C@@H]2C)ccc1=O. The summed E-state index contributed by atoms with van der Waals surface area (Å²) in [6, 6.07) is 10.5. The summed E-state index contributed by atoms with van der Waals surface area (Å²) in [7, 11) is 0. The van der Waals surface area contributed by atoms with Crippen molar-refractivity contribution >= 4 is 17.5 Å². The normalized spacial score (nSPS) is 15.6. The maximum atomic E-state index is 13.1. The van der Waals surface area contributed by atoms with Gasteiger partial charge in [0, 0.05) is 24.3 Å². The van der Waals surface area contributed by atoms with Crippen LogP contribution in [0.1, 0.15) is 43.2 Å². The van der Waals surface area contributed by atoms with E-state index in [0.717, 1.165) is 28.8 Å². The van der Waals surface area contributed by atoms with E-state index in [4.69, 9.17) is 0 Å². The number of carbonyl (C=O) groups is 2. The van der Waals surface area contributed by atoms with Gasteiger partial charge < -0.3 is 10.2 Å². The van der Waals surface area contributed by atoms with Gasteiger partial charge in [-0.25, -0.2) is 4.68 Å². The van der Waals surface area contributed by atoms with Gasteiger partial charge in [-0.05, 0) is 43.4 Å². The Hall–Kier alpha value is -2.96. The van der Waals surface area contributed by atoms with Crippen LogP contribution in [-0.2, 0) is 17.8 Å². The second-order valence-electron chi connectivity index (χ2n) is 7.60. The predicted octanol–water partition coefficient (Wildman–Crippen LogP) is 2.00. The van der Waals surface area contributed by atoms with E-state index in [2.05, 4.69) is 24.3 Å². The zero-order valence-electron chi connectivity index (χ0n) is 16.5. The average molecular weight is 382 g/mol. The van der Waals surface area contributed by atoms with Gasteiger partial charge in [0.05, 0.1) is 0 Å². The molecule has 0 saturated heterocycles. The Morgan fingerprint density at radius 3 is 2.71 bits per heavy atom. The first-order valence-electron chi connectivity index (χ1n) is 9.63. The molecular formula is C21H26N4O3. The zero-order chi connectivity index (χ0) is 20.3. The van der Waals surface area contributed by atoms with Crippen molar-refractivity contribution in [3.05, 3.63) is 58.0 Å². The molecule has 2 amide bonds. The van der Waals surface area contributed by atoms with Gasteiger partial charge in [-0.3, -0.25) is 14.4 Å². The quantitative estimate of drug-likeness (QED) is 0.828. The Morgan fingerprint density at radius 1 is 1.21 bits per heavy atom. The monoisotopic (exact) mass is 382 g/mol. The van der Waals surface area contributed by atoms with E-state index in [1.165, 1.54) is 12.1 Å². The summed E-state index contributed by atoms with van der Waals surface area (Å²) in [5.74, 6) is -0.0847. The van der Waals surface area contributed by atoms with E-state index in [1.54, 1.807) is 4.90 Å². The topological polar surface area (TPSA) is 84.3 Å². The van der Waals surface area contributed by atoms with Crippen molar-refractivity contribution in [3.63, 3.8) is 0 Å². The molecule has 0 unspecified atom stereocenters. The van der Waals surface area contributed by atoms with Crippen LogP contribution in [0.2, 0.25) is 0 Å². The summed E-state index contributed by atoms with van der Waals surface area (Å²) < 4.78 is 1.05. The molecule has 0 aliphatic carbocycles. The summed E-state index contributed by atoms with van der Waals surface area (Å²) in [6.45, 7) is 6.47. The minimum atomic E-state index is -0.412. The third-order valence-electron chi connectivity index (χ3n) is 4.85. The number of nitrogens with zero attached hydrogens (tertiary/aromatic N) is 3. The fourth-order valence-electron chi connectivity index (χ4n) is 3.37. The lowest BCUT2D eigenvalue weighted by atomic mass is 10.1. The van der Waals surface area contributed by atoms with Crippen LogP contribution in [0.3, 0.4) is 0 Å². The Morgan fingerprint density at radius 2 is 1.96 bits per heavy atom. The molecule has 7 heteroatoms. The Kier molecular flexibility index (Phi) is 5.92. The molecule has 1 aromatic heterocycles. The number of anilines is 1. The lowest BCUT2D eigenvalue weighted by molar-refractivity contribution is -0.121. The highest BCUT2D eigenvalue weighted by Crippen LogP contribution is 2.32. The number of aromatic nitrogens is 2. The number of amides is 2. The van der Waals surface area contributed by atoms with Crippen LogP contribution >= 0.6 is 0 Å². The highest BCUT2D eigenvalue weighted by Gasteiger charge is 2.32. The lowest BCUT2D eigenvalue weighted by Gasteiger charge is -2.22. The molecule has 28 heavy (non-hydrogen) atoms. The molecule has 148 valence electrons. The number of hydrogen-bond donors (Lipinski definition) is 1. The van der Waals surface area contributed by atoms with Gasteiger partial charge in [-0.2, -0.15) is 5.10 Å². The summed E-state index contributed by atoms with van der Waals surface area (Å²) in [6.07, 6.45) is 1.64. The Bertz CT molecular complexity index is 935. The van der Waals surface area contributed by atoms with E-state index in [9.17, 15) is 14.4 Å². The van der Waals surface area contributed by atoms with Crippen LogP contribution in [0.15, 0.2) is 41.2 Å². The van der Waals surface area contributed by atoms with Crippen molar-refractivity contribution in [2.75, 3.05) is 11.4 Å². The van der Waals surface area contributed by atoms with E-state index < -0.39 is 5.56 Å². The van der Waals surface area contributed by atoms with Crippen molar-refractivity contribution in [3.8, 4) is 0 Å². The third kappa shape index (κ3) is 4.30. The average Bonchev–Trinajstić information content (AvgIpc) is 2.98. The second kappa shape index (κ2) is 8.37. The Balaban J connectivity index is 1.77. The van der Waals surface area contributed by atoms with Gasteiger partial charge in [0.15, 0.2) is 0 Å². The lowest BCUT2D eigenvalue weighted by Crippen LogP contribution is -2.39. The van der Waals surface area contributed by atoms with Crippen LogP contribution < -0.4 is 15.8 Å². The fraction of sp³-hybridized carbons (Fsp3) is 0.429. The molecule has 0 bridgehead atoms. The minimum absolute atomic E-state index is 0.00594. The van der Waals surface area contributed by atoms with Gasteiger partial charge >= 0.3 is 0 Å². The predicted molar refractivity (Wildman–Crippen MR) is 107 cm³/mol.